The lowest BCUT2D eigenvalue weighted by molar-refractivity contribution is 0.666. The lowest BCUT2D eigenvalue weighted by Gasteiger charge is -2.23. The Morgan fingerprint density at radius 2 is 0.978 bits per heavy atom. The number of aromatic amines is 1. The van der Waals surface area contributed by atoms with E-state index >= 15 is 0 Å². The van der Waals surface area contributed by atoms with E-state index in [1.807, 2.05) is 0 Å². The minimum absolute atomic E-state index is 0.0418. The number of para-hydroxylation sites is 1. The molecular weight excluding hydrogens is 555 g/mol. The van der Waals surface area contributed by atoms with Crippen molar-refractivity contribution in [2.75, 3.05) is 0 Å². The van der Waals surface area contributed by atoms with E-state index in [0.717, 1.165) is 0 Å². The Morgan fingerprint density at radius 1 is 0.413 bits per heavy atom. The summed E-state index contributed by atoms with van der Waals surface area (Å²) in [5, 5.41) is 10.3. The van der Waals surface area contributed by atoms with Crippen LogP contribution in [0.3, 0.4) is 0 Å². The molecule has 0 radical (unpaired) electrons. The van der Waals surface area contributed by atoms with Gasteiger partial charge in [-0.1, -0.05) is 135 Å². The Hall–Kier alpha value is -5.66. The van der Waals surface area contributed by atoms with Gasteiger partial charge in [-0.3, -0.25) is 0 Å². The van der Waals surface area contributed by atoms with Gasteiger partial charge in [0.15, 0.2) is 0 Å². The summed E-state index contributed by atoms with van der Waals surface area (Å²) in [6.07, 6.45) is 0. The summed E-state index contributed by atoms with van der Waals surface area (Å²) in [7, 11) is 0. The fourth-order valence-electron chi connectivity index (χ4n) is 8.53. The van der Waals surface area contributed by atoms with Crippen molar-refractivity contribution in [1.29, 1.82) is 0 Å². The van der Waals surface area contributed by atoms with Crippen LogP contribution in [0, 0.1) is 0 Å². The highest BCUT2D eigenvalue weighted by Gasteiger charge is 2.36. The highest BCUT2D eigenvalue weighted by molar-refractivity contribution is 6.22. The summed E-state index contributed by atoms with van der Waals surface area (Å²) in [6, 6.07) is 54.1. The number of nitrogens with one attached hydrogen (secondary N) is 1. The Labute approximate surface area is 267 Å². The van der Waals surface area contributed by atoms with Gasteiger partial charge in [0.2, 0.25) is 0 Å². The van der Waals surface area contributed by atoms with Gasteiger partial charge in [-0.2, -0.15) is 0 Å². The molecule has 1 heteroatoms. The van der Waals surface area contributed by atoms with E-state index in [4.69, 9.17) is 0 Å². The van der Waals surface area contributed by atoms with Crippen molar-refractivity contribution in [1.82, 2.24) is 4.98 Å². The summed E-state index contributed by atoms with van der Waals surface area (Å²) in [4.78, 5) is 3.60. The van der Waals surface area contributed by atoms with E-state index in [1.54, 1.807) is 0 Å². The zero-order valence-electron chi connectivity index (χ0n) is 25.9. The maximum absolute atomic E-state index is 3.60. The van der Waals surface area contributed by atoms with Crippen LogP contribution in [-0.4, -0.2) is 4.98 Å². The molecule has 1 aliphatic carbocycles. The van der Waals surface area contributed by atoms with Crippen LogP contribution in [0.4, 0.5) is 0 Å². The summed E-state index contributed by atoms with van der Waals surface area (Å²) in [5.41, 5.74) is 13.0. The molecule has 1 nitrogen and oxygen atoms in total. The van der Waals surface area contributed by atoms with Crippen molar-refractivity contribution in [2.24, 2.45) is 0 Å². The molecule has 0 amide bonds. The van der Waals surface area contributed by atoms with E-state index in [1.165, 1.54) is 98.6 Å². The molecular formula is C45H31N. The van der Waals surface area contributed by atoms with E-state index in [0.29, 0.717) is 0 Å². The van der Waals surface area contributed by atoms with Crippen LogP contribution in [0.2, 0.25) is 0 Å². The maximum Gasteiger partial charge on any atom is 0.0465 e. The molecule has 0 saturated heterocycles. The molecule has 216 valence electrons. The Balaban J connectivity index is 1.23. The molecule has 0 saturated carbocycles. The minimum Gasteiger partial charge on any atom is -0.355 e. The molecule has 1 N–H and O–H groups in total. The predicted molar refractivity (Wildman–Crippen MR) is 197 cm³/mol. The number of benzene rings is 8. The highest BCUT2D eigenvalue weighted by atomic mass is 14.7. The number of aromatic nitrogens is 1. The predicted octanol–water partition coefficient (Wildman–Crippen LogP) is 12.4. The van der Waals surface area contributed by atoms with Crippen molar-refractivity contribution < 1.29 is 0 Å². The first-order valence-electron chi connectivity index (χ1n) is 16.2. The third kappa shape index (κ3) is 3.40. The second kappa shape index (κ2) is 9.19. The smallest absolute Gasteiger partial charge is 0.0465 e. The molecule has 1 heterocycles. The van der Waals surface area contributed by atoms with Gasteiger partial charge in [0, 0.05) is 27.2 Å². The molecule has 0 fully saturated rings. The molecule has 0 bridgehead atoms. The normalized spacial score (nSPS) is 13.6. The van der Waals surface area contributed by atoms with E-state index in [9.17, 15) is 0 Å². The first-order valence-corrected chi connectivity index (χ1v) is 16.2. The molecule has 46 heavy (non-hydrogen) atoms. The summed E-state index contributed by atoms with van der Waals surface area (Å²) < 4.78 is 0. The van der Waals surface area contributed by atoms with Gasteiger partial charge in [-0.25, -0.2) is 0 Å². The lowest BCUT2D eigenvalue weighted by atomic mass is 9.79. The highest BCUT2D eigenvalue weighted by Crippen LogP contribution is 2.52. The standard InChI is InChI=1S/C45H31N/c1-45(2)39-17-9-7-11-31(39)37-23-19-27-25-28(20-22-30(27)44(37)45)42-33-13-3-5-15-35(33)43(36-16-6-4-14-34(36)42)29-21-24-41-38(26-29)32-12-8-10-18-40(32)46-41/h3-26,46H,1-2H3. The van der Waals surface area contributed by atoms with E-state index in [2.05, 4.69) is 164 Å². The fraction of sp³-hybridized carbons (Fsp3) is 0.0667. The van der Waals surface area contributed by atoms with Gasteiger partial charge in [-0.05, 0) is 101 Å². The van der Waals surface area contributed by atoms with Crippen LogP contribution >= 0.6 is 0 Å². The second-order valence-electron chi connectivity index (χ2n) is 13.4. The van der Waals surface area contributed by atoms with E-state index in [-0.39, 0.29) is 5.41 Å². The quantitative estimate of drug-likeness (QED) is 0.194. The van der Waals surface area contributed by atoms with Gasteiger partial charge in [0.05, 0.1) is 0 Å². The molecule has 0 atom stereocenters. The number of rotatable bonds is 2. The number of hydrogen-bond acceptors (Lipinski definition) is 0. The Kier molecular flexibility index (Phi) is 5.12. The average Bonchev–Trinajstić information content (AvgIpc) is 3.58. The van der Waals surface area contributed by atoms with Gasteiger partial charge >= 0.3 is 0 Å². The third-order valence-electron chi connectivity index (χ3n) is 10.6. The molecule has 1 aliphatic rings. The molecule has 10 rings (SSSR count). The first-order chi connectivity index (χ1) is 22.6. The first kappa shape index (κ1) is 25.6. The fourth-order valence-corrected chi connectivity index (χ4v) is 8.53. The van der Waals surface area contributed by atoms with Crippen LogP contribution in [0.25, 0.3) is 87.5 Å². The summed E-state index contributed by atoms with van der Waals surface area (Å²) >= 11 is 0. The molecule has 0 aliphatic heterocycles. The number of hydrogen-bond donors (Lipinski definition) is 1. The summed E-state index contributed by atoms with van der Waals surface area (Å²) in [6.45, 7) is 4.75. The molecule has 8 aromatic carbocycles. The Morgan fingerprint density at radius 3 is 1.70 bits per heavy atom. The number of fused-ring (bicyclic) bond motifs is 10. The number of H-pyrrole nitrogens is 1. The van der Waals surface area contributed by atoms with Crippen molar-refractivity contribution >= 4 is 54.1 Å². The van der Waals surface area contributed by atoms with Crippen molar-refractivity contribution in [3.63, 3.8) is 0 Å². The Bertz CT molecular complexity index is 2660. The average molecular weight is 586 g/mol. The van der Waals surface area contributed by atoms with Gasteiger partial charge < -0.3 is 4.98 Å². The third-order valence-corrected chi connectivity index (χ3v) is 10.6. The van der Waals surface area contributed by atoms with Crippen molar-refractivity contribution in [3.8, 4) is 33.4 Å². The van der Waals surface area contributed by atoms with Gasteiger partial charge in [-0.15, -0.1) is 0 Å². The molecule has 0 unspecified atom stereocenters. The monoisotopic (exact) mass is 585 g/mol. The van der Waals surface area contributed by atoms with Crippen LogP contribution in [0.1, 0.15) is 25.0 Å². The van der Waals surface area contributed by atoms with Crippen LogP contribution in [-0.2, 0) is 5.41 Å². The van der Waals surface area contributed by atoms with E-state index < -0.39 is 0 Å². The topological polar surface area (TPSA) is 15.8 Å². The lowest BCUT2D eigenvalue weighted by Crippen LogP contribution is -2.15. The van der Waals surface area contributed by atoms with Crippen LogP contribution in [0.15, 0.2) is 146 Å². The largest absolute Gasteiger partial charge is 0.355 e. The SMILES string of the molecule is CC1(C)c2ccccc2-c2ccc3cc(-c4c5ccccc5c(-c5ccc6[nH]c7ccccc7c6c5)c5ccccc45)ccc3c21. The molecule has 0 spiro atoms. The zero-order chi connectivity index (χ0) is 30.6. The zero-order valence-corrected chi connectivity index (χ0v) is 25.9. The second-order valence-corrected chi connectivity index (χ2v) is 13.4. The summed E-state index contributed by atoms with van der Waals surface area (Å²) in [5.74, 6) is 0. The molecule has 1 aromatic heterocycles. The van der Waals surface area contributed by atoms with Crippen molar-refractivity contribution in [3.05, 3.63) is 157 Å². The van der Waals surface area contributed by atoms with Crippen LogP contribution in [0.5, 0.6) is 0 Å². The molecule has 9 aromatic rings. The van der Waals surface area contributed by atoms with Gasteiger partial charge in [0.1, 0.15) is 0 Å². The van der Waals surface area contributed by atoms with Gasteiger partial charge in [0.25, 0.3) is 0 Å². The van der Waals surface area contributed by atoms with Crippen LogP contribution < -0.4 is 0 Å². The van der Waals surface area contributed by atoms with Crippen molar-refractivity contribution in [2.45, 2.75) is 19.3 Å². The minimum atomic E-state index is -0.0418. The maximum atomic E-state index is 3.60.